The van der Waals surface area contributed by atoms with Gasteiger partial charge in [0.15, 0.2) is 4.80 Å². The number of terminal acetylenes is 1. The third-order valence-electron chi connectivity index (χ3n) is 3.45. The van der Waals surface area contributed by atoms with Crippen LogP contribution in [0.4, 0.5) is 0 Å². The predicted molar refractivity (Wildman–Crippen MR) is 101 cm³/mol. The SMILES string of the molecule is C#CCn1c(=NC(=O)c2ccc(SCC)cc2)sc2ccccc21. The van der Waals surface area contributed by atoms with Crippen LogP contribution in [-0.2, 0) is 6.54 Å². The van der Waals surface area contributed by atoms with E-state index in [1.807, 2.05) is 53.1 Å². The first kappa shape index (κ1) is 16.6. The van der Waals surface area contributed by atoms with Crippen LogP contribution < -0.4 is 4.80 Å². The van der Waals surface area contributed by atoms with Gasteiger partial charge in [0.2, 0.25) is 0 Å². The Labute approximate surface area is 149 Å². The number of carbonyl (C=O) groups is 1. The highest BCUT2D eigenvalue weighted by Gasteiger charge is 2.08. The number of rotatable bonds is 4. The van der Waals surface area contributed by atoms with Gasteiger partial charge in [0.05, 0.1) is 16.8 Å². The second-order valence-electron chi connectivity index (χ2n) is 5.02. The van der Waals surface area contributed by atoms with Crippen molar-refractivity contribution in [1.82, 2.24) is 4.57 Å². The molecular weight excluding hydrogens is 336 g/mol. The minimum atomic E-state index is -0.250. The lowest BCUT2D eigenvalue weighted by atomic mass is 10.2. The number of nitrogens with zero attached hydrogens (tertiary/aromatic N) is 2. The Bertz CT molecular complexity index is 975. The van der Waals surface area contributed by atoms with Crippen LogP contribution in [0, 0.1) is 12.3 Å². The number of benzene rings is 2. The third-order valence-corrected chi connectivity index (χ3v) is 5.40. The molecule has 0 radical (unpaired) electrons. The highest BCUT2D eigenvalue weighted by atomic mass is 32.2. The molecule has 0 fully saturated rings. The van der Waals surface area contributed by atoms with Crippen LogP contribution in [0.25, 0.3) is 10.2 Å². The van der Waals surface area contributed by atoms with Crippen LogP contribution in [0.2, 0.25) is 0 Å². The largest absolute Gasteiger partial charge is 0.305 e. The van der Waals surface area contributed by atoms with Gasteiger partial charge in [-0.15, -0.1) is 18.2 Å². The average molecular weight is 352 g/mol. The summed E-state index contributed by atoms with van der Waals surface area (Å²) in [6.07, 6.45) is 5.47. The lowest BCUT2D eigenvalue weighted by Gasteiger charge is -2.00. The van der Waals surface area contributed by atoms with E-state index in [1.165, 1.54) is 11.3 Å². The fraction of sp³-hybridized carbons (Fsp3) is 0.158. The van der Waals surface area contributed by atoms with Crippen molar-refractivity contribution >= 4 is 39.2 Å². The maximum Gasteiger partial charge on any atom is 0.279 e. The first-order valence-corrected chi connectivity index (χ1v) is 9.37. The number of amides is 1. The van der Waals surface area contributed by atoms with Gasteiger partial charge in [-0.1, -0.05) is 36.3 Å². The molecule has 24 heavy (non-hydrogen) atoms. The number of aromatic nitrogens is 1. The van der Waals surface area contributed by atoms with Crippen LogP contribution in [0.3, 0.4) is 0 Å². The predicted octanol–water partition coefficient (Wildman–Crippen LogP) is 4.19. The van der Waals surface area contributed by atoms with E-state index in [4.69, 9.17) is 6.42 Å². The zero-order valence-corrected chi connectivity index (χ0v) is 14.9. The van der Waals surface area contributed by atoms with Crippen LogP contribution in [-0.4, -0.2) is 16.2 Å². The average Bonchev–Trinajstić information content (AvgIpc) is 2.94. The quantitative estimate of drug-likeness (QED) is 0.521. The standard InChI is InChI=1S/C19H16N2OS2/c1-3-13-21-16-7-5-6-8-17(16)24-19(21)20-18(22)14-9-11-15(12-10-14)23-4-2/h1,5-12H,4,13H2,2H3. The Morgan fingerprint density at radius 3 is 2.71 bits per heavy atom. The molecule has 1 amide bonds. The molecular formula is C19H16N2OS2. The van der Waals surface area contributed by atoms with E-state index >= 15 is 0 Å². The van der Waals surface area contributed by atoms with Crippen molar-refractivity contribution in [3.05, 3.63) is 58.9 Å². The number of hydrogen-bond acceptors (Lipinski definition) is 3. The molecule has 1 aromatic heterocycles. The molecule has 3 rings (SSSR count). The van der Waals surface area contributed by atoms with Crippen molar-refractivity contribution in [3.63, 3.8) is 0 Å². The molecule has 120 valence electrons. The van der Waals surface area contributed by atoms with Gasteiger partial charge in [0.1, 0.15) is 0 Å². The van der Waals surface area contributed by atoms with Gasteiger partial charge in [0, 0.05) is 10.5 Å². The first-order chi connectivity index (χ1) is 11.7. The second kappa shape index (κ2) is 7.52. The van der Waals surface area contributed by atoms with Gasteiger partial charge >= 0.3 is 0 Å². The minimum absolute atomic E-state index is 0.250. The first-order valence-electron chi connectivity index (χ1n) is 7.56. The van der Waals surface area contributed by atoms with Gasteiger partial charge in [-0.3, -0.25) is 4.79 Å². The topological polar surface area (TPSA) is 34.4 Å². The fourth-order valence-electron chi connectivity index (χ4n) is 2.36. The zero-order chi connectivity index (χ0) is 16.9. The van der Waals surface area contributed by atoms with E-state index < -0.39 is 0 Å². The monoisotopic (exact) mass is 352 g/mol. The molecule has 2 aromatic carbocycles. The van der Waals surface area contributed by atoms with E-state index in [9.17, 15) is 4.79 Å². The normalized spacial score (nSPS) is 11.6. The smallest absolute Gasteiger partial charge is 0.279 e. The molecule has 0 atom stereocenters. The van der Waals surface area contributed by atoms with Crippen LogP contribution >= 0.6 is 23.1 Å². The highest BCUT2D eigenvalue weighted by Crippen LogP contribution is 2.19. The molecule has 0 N–H and O–H groups in total. The maximum absolute atomic E-state index is 12.5. The molecule has 0 spiro atoms. The number of thioether (sulfide) groups is 1. The van der Waals surface area contributed by atoms with Crippen molar-refractivity contribution in [3.8, 4) is 12.3 Å². The second-order valence-corrected chi connectivity index (χ2v) is 7.36. The summed E-state index contributed by atoms with van der Waals surface area (Å²) >= 11 is 3.22. The molecule has 0 aliphatic carbocycles. The molecule has 0 unspecified atom stereocenters. The molecule has 0 aliphatic heterocycles. The van der Waals surface area contributed by atoms with E-state index in [2.05, 4.69) is 17.8 Å². The maximum atomic E-state index is 12.5. The number of fused-ring (bicyclic) bond motifs is 1. The summed E-state index contributed by atoms with van der Waals surface area (Å²) in [5, 5.41) is 0. The summed E-state index contributed by atoms with van der Waals surface area (Å²) in [5.41, 5.74) is 1.59. The van der Waals surface area contributed by atoms with E-state index in [1.54, 1.807) is 11.8 Å². The summed E-state index contributed by atoms with van der Waals surface area (Å²) < 4.78 is 2.97. The number of hydrogen-bond donors (Lipinski definition) is 0. The van der Waals surface area contributed by atoms with Crippen molar-refractivity contribution in [2.75, 3.05) is 5.75 Å². The molecule has 1 heterocycles. The van der Waals surface area contributed by atoms with Crippen LogP contribution in [0.15, 0.2) is 58.4 Å². The van der Waals surface area contributed by atoms with Gasteiger partial charge < -0.3 is 4.57 Å². The van der Waals surface area contributed by atoms with E-state index in [0.717, 1.165) is 20.9 Å². The zero-order valence-electron chi connectivity index (χ0n) is 13.2. The van der Waals surface area contributed by atoms with Crippen molar-refractivity contribution in [1.29, 1.82) is 0 Å². The molecule has 3 aromatic rings. The van der Waals surface area contributed by atoms with Crippen LogP contribution in [0.1, 0.15) is 17.3 Å². The molecule has 0 aliphatic rings. The lowest BCUT2D eigenvalue weighted by Crippen LogP contribution is -2.16. The molecule has 0 bridgehead atoms. The number of para-hydroxylation sites is 1. The Morgan fingerprint density at radius 1 is 1.25 bits per heavy atom. The van der Waals surface area contributed by atoms with Crippen molar-refractivity contribution in [2.24, 2.45) is 4.99 Å². The lowest BCUT2D eigenvalue weighted by molar-refractivity contribution is 0.0998. The highest BCUT2D eigenvalue weighted by molar-refractivity contribution is 7.99. The van der Waals surface area contributed by atoms with Gasteiger partial charge in [0.25, 0.3) is 5.91 Å². The Hall–Kier alpha value is -2.29. The summed E-state index contributed by atoms with van der Waals surface area (Å²) in [7, 11) is 0. The summed E-state index contributed by atoms with van der Waals surface area (Å²) in [6.45, 7) is 2.49. The van der Waals surface area contributed by atoms with Crippen molar-refractivity contribution in [2.45, 2.75) is 18.4 Å². The van der Waals surface area contributed by atoms with Crippen molar-refractivity contribution < 1.29 is 4.79 Å². The Kier molecular flexibility index (Phi) is 5.19. The molecule has 0 saturated carbocycles. The van der Waals surface area contributed by atoms with E-state index in [-0.39, 0.29) is 5.91 Å². The van der Waals surface area contributed by atoms with Gasteiger partial charge in [-0.2, -0.15) is 4.99 Å². The Balaban J connectivity index is 2.01. The Morgan fingerprint density at radius 2 is 2.00 bits per heavy atom. The third kappa shape index (κ3) is 3.45. The summed E-state index contributed by atoms with van der Waals surface area (Å²) in [5.74, 6) is 3.39. The molecule has 0 saturated heterocycles. The molecule has 5 heteroatoms. The van der Waals surface area contributed by atoms with E-state index in [0.29, 0.717) is 16.9 Å². The minimum Gasteiger partial charge on any atom is -0.305 e. The van der Waals surface area contributed by atoms with Crippen LogP contribution in [0.5, 0.6) is 0 Å². The van der Waals surface area contributed by atoms with Gasteiger partial charge in [-0.05, 0) is 42.2 Å². The summed E-state index contributed by atoms with van der Waals surface area (Å²) in [6, 6.07) is 15.5. The number of thiazole rings is 1. The summed E-state index contributed by atoms with van der Waals surface area (Å²) in [4.78, 5) is 18.6. The van der Waals surface area contributed by atoms with Gasteiger partial charge in [-0.25, -0.2) is 0 Å². The number of carbonyl (C=O) groups excluding carboxylic acids is 1. The fourth-order valence-corrected chi connectivity index (χ4v) is 4.05. The molecule has 3 nitrogen and oxygen atoms in total.